The number of hydrogen-bond acceptors (Lipinski definition) is 5. The molecule has 0 radical (unpaired) electrons. The number of hydrogen-bond donors (Lipinski definition) is 0. The van der Waals surface area contributed by atoms with Gasteiger partial charge >= 0.3 is 5.97 Å². The minimum absolute atomic E-state index is 0.0179. The molecule has 5 heteroatoms. The quantitative estimate of drug-likeness (QED) is 0.620. The Kier molecular flexibility index (Phi) is 5.14. The lowest BCUT2D eigenvalue weighted by Gasteiger charge is -2.09. The van der Waals surface area contributed by atoms with Crippen LogP contribution in [0.5, 0.6) is 5.75 Å². The molecule has 1 aromatic heterocycles. The van der Waals surface area contributed by atoms with Gasteiger partial charge in [0.1, 0.15) is 5.75 Å². The Hall–Kier alpha value is -3.08. The number of oxazole rings is 1. The molecule has 128 valence electrons. The van der Waals surface area contributed by atoms with Crippen molar-refractivity contribution in [3.63, 3.8) is 0 Å². The molecular formula is C20H19NO4. The minimum Gasteiger partial charge on any atom is -0.491 e. The molecule has 25 heavy (non-hydrogen) atoms. The zero-order chi connectivity index (χ0) is 17.6. The summed E-state index contributed by atoms with van der Waals surface area (Å²) in [5, 5.41) is 0. The molecule has 3 rings (SSSR count). The lowest BCUT2D eigenvalue weighted by Crippen LogP contribution is -2.07. The molecule has 0 unspecified atom stereocenters. The molecule has 0 spiro atoms. The smallest absolute Gasteiger partial charge is 0.338 e. The molecule has 0 bridgehead atoms. The summed E-state index contributed by atoms with van der Waals surface area (Å²) in [6.45, 7) is 3.88. The Morgan fingerprint density at radius 2 is 1.80 bits per heavy atom. The van der Waals surface area contributed by atoms with E-state index in [9.17, 15) is 4.79 Å². The Morgan fingerprint density at radius 1 is 1.08 bits per heavy atom. The molecule has 3 aromatic rings. The van der Waals surface area contributed by atoms with Gasteiger partial charge < -0.3 is 13.9 Å². The van der Waals surface area contributed by atoms with Crippen molar-refractivity contribution in [2.75, 3.05) is 0 Å². The SMILES string of the molecule is CC(C)Oc1ccc(C(=O)OCc2ncc(-c3ccccc3)o2)cc1. The summed E-state index contributed by atoms with van der Waals surface area (Å²) in [6.07, 6.45) is 1.71. The van der Waals surface area contributed by atoms with Crippen LogP contribution < -0.4 is 4.74 Å². The molecule has 0 saturated heterocycles. The highest BCUT2D eigenvalue weighted by molar-refractivity contribution is 5.89. The molecule has 0 aliphatic heterocycles. The van der Waals surface area contributed by atoms with E-state index in [4.69, 9.17) is 13.9 Å². The molecule has 2 aromatic carbocycles. The standard InChI is InChI=1S/C20H19NO4/c1-14(2)24-17-10-8-16(9-11-17)20(22)23-13-19-21-12-18(25-19)15-6-4-3-5-7-15/h3-12,14H,13H2,1-2H3. The van der Waals surface area contributed by atoms with Gasteiger partial charge in [-0.1, -0.05) is 30.3 Å². The fourth-order valence-corrected chi connectivity index (χ4v) is 2.27. The first-order valence-corrected chi connectivity index (χ1v) is 8.06. The summed E-state index contributed by atoms with van der Waals surface area (Å²) in [4.78, 5) is 16.2. The molecule has 0 aliphatic carbocycles. The van der Waals surface area contributed by atoms with E-state index in [1.54, 1.807) is 30.5 Å². The van der Waals surface area contributed by atoms with Crippen molar-refractivity contribution in [3.05, 3.63) is 72.2 Å². The van der Waals surface area contributed by atoms with Gasteiger partial charge in [0.05, 0.1) is 17.9 Å². The number of rotatable bonds is 6. The average Bonchev–Trinajstić information content (AvgIpc) is 3.10. The summed E-state index contributed by atoms with van der Waals surface area (Å²) in [7, 11) is 0. The number of esters is 1. The first-order valence-electron chi connectivity index (χ1n) is 8.06. The molecule has 0 saturated carbocycles. The van der Waals surface area contributed by atoms with E-state index < -0.39 is 5.97 Å². The lowest BCUT2D eigenvalue weighted by atomic mass is 10.2. The number of aromatic nitrogens is 1. The number of nitrogens with zero attached hydrogens (tertiary/aromatic N) is 1. The van der Waals surface area contributed by atoms with Crippen molar-refractivity contribution >= 4 is 5.97 Å². The third kappa shape index (κ3) is 4.47. The fraction of sp³-hybridized carbons (Fsp3) is 0.200. The summed E-state index contributed by atoms with van der Waals surface area (Å²) >= 11 is 0. The minimum atomic E-state index is -0.435. The van der Waals surface area contributed by atoms with E-state index in [1.165, 1.54) is 0 Å². The van der Waals surface area contributed by atoms with Gasteiger partial charge in [0, 0.05) is 5.56 Å². The summed E-state index contributed by atoms with van der Waals surface area (Å²) in [5.41, 5.74) is 1.37. The first-order chi connectivity index (χ1) is 12.1. The van der Waals surface area contributed by atoms with Crippen molar-refractivity contribution in [1.29, 1.82) is 0 Å². The van der Waals surface area contributed by atoms with Crippen LogP contribution in [0.1, 0.15) is 30.1 Å². The van der Waals surface area contributed by atoms with Gasteiger partial charge in [0.2, 0.25) is 5.89 Å². The normalized spacial score (nSPS) is 10.7. The highest BCUT2D eigenvalue weighted by Gasteiger charge is 2.11. The zero-order valence-electron chi connectivity index (χ0n) is 14.1. The predicted molar refractivity (Wildman–Crippen MR) is 93.3 cm³/mol. The van der Waals surface area contributed by atoms with Gasteiger partial charge in [0.15, 0.2) is 12.4 Å². The van der Waals surface area contributed by atoms with Crippen LogP contribution in [0.15, 0.2) is 65.2 Å². The molecule has 0 aliphatic rings. The van der Waals surface area contributed by atoms with Crippen LogP contribution in [0.25, 0.3) is 11.3 Å². The first kappa shape index (κ1) is 16.8. The molecule has 0 N–H and O–H groups in total. The second kappa shape index (κ2) is 7.66. The molecule has 0 amide bonds. The Bertz CT molecular complexity index is 822. The molecule has 0 atom stereocenters. The van der Waals surface area contributed by atoms with Crippen molar-refractivity contribution in [2.45, 2.75) is 26.6 Å². The maximum absolute atomic E-state index is 12.1. The van der Waals surface area contributed by atoms with Crippen LogP contribution in [0.3, 0.4) is 0 Å². The third-order valence-electron chi connectivity index (χ3n) is 3.40. The largest absolute Gasteiger partial charge is 0.491 e. The van der Waals surface area contributed by atoms with Crippen molar-refractivity contribution in [3.8, 4) is 17.1 Å². The van der Waals surface area contributed by atoms with Crippen molar-refractivity contribution in [2.24, 2.45) is 0 Å². The van der Waals surface area contributed by atoms with E-state index in [0.717, 1.165) is 5.56 Å². The van der Waals surface area contributed by atoms with E-state index in [0.29, 0.717) is 23.0 Å². The zero-order valence-corrected chi connectivity index (χ0v) is 14.1. The predicted octanol–water partition coefficient (Wildman–Crippen LogP) is 4.49. The number of benzene rings is 2. The maximum atomic E-state index is 12.1. The molecule has 0 fully saturated rings. The third-order valence-corrected chi connectivity index (χ3v) is 3.40. The number of carbonyl (C=O) groups is 1. The van der Waals surface area contributed by atoms with Crippen LogP contribution in [0.4, 0.5) is 0 Å². The Balaban J connectivity index is 1.58. The lowest BCUT2D eigenvalue weighted by molar-refractivity contribution is 0.0439. The highest BCUT2D eigenvalue weighted by Crippen LogP contribution is 2.20. The molecule has 1 heterocycles. The van der Waals surface area contributed by atoms with Gasteiger partial charge in [0.25, 0.3) is 0 Å². The van der Waals surface area contributed by atoms with E-state index in [-0.39, 0.29) is 12.7 Å². The van der Waals surface area contributed by atoms with E-state index >= 15 is 0 Å². The summed E-state index contributed by atoms with van der Waals surface area (Å²) < 4.78 is 16.4. The number of ether oxygens (including phenoxy) is 2. The summed E-state index contributed by atoms with van der Waals surface area (Å²) in [6, 6.07) is 16.5. The Labute approximate surface area is 146 Å². The molecule has 5 nitrogen and oxygen atoms in total. The van der Waals surface area contributed by atoms with Gasteiger partial charge in [-0.25, -0.2) is 9.78 Å². The van der Waals surface area contributed by atoms with Crippen molar-refractivity contribution < 1.29 is 18.7 Å². The molecular weight excluding hydrogens is 318 g/mol. The van der Waals surface area contributed by atoms with Crippen LogP contribution in [0, 0.1) is 0 Å². The van der Waals surface area contributed by atoms with Crippen LogP contribution >= 0.6 is 0 Å². The Morgan fingerprint density at radius 3 is 2.48 bits per heavy atom. The van der Waals surface area contributed by atoms with Gasteiger partial charge in [-0.2, -0.15) is 0 Å². The average molecular weight is 337 g/mol. The fourth-order valence-electron chi connectivity index (χ4n) is 2.27. The van der Waals surface area contributed by atoms with Gasteiger partial charge in [-0.3, -0.25) is 0 Å². The second-order valence-corrected chi connectivity index (χ2v) is 5.75. The summed E-state index contributed by atoms with van der Waals surface area (Å²) in [5.74, 6) is 1.27. The van der Waals surface area contributed by atoms with Crippen molar-refractivity contribution in [1.82, 2.24) is 4.98 Å². The monoisotopic (exact) mass is 337 g/mol. The van der Waals surface area contributed by atoms with E-state index in [2.05, 4.69) is 4.98 Å². The van der Waals surface area contributed by atoms with Gasteiger partial charge in [-0.15, -0.1) is 0 Å². The second-order valence-electron chi connectivity index (χ2n) is 5.75. The highest BCUT2D eigenvalue weighted by atomic mass is 16.5. The topological polar surface area (TPSA) is 61.6 Å². The maximum Gasteiger partial charge on any atom is 0.338 e. The van der Waals surface area contributed by atoms with Crippen LogP contribution in [-0.4, -0.2) is 17.1 Å². The van der Waals surface area contributed by atoms with E-state index in [1.807, 2.05) is 44.2 Å². The van der Waals surface area contributed by atoms with Crippen LogP contribution in [-0.2, 0) is 11.3 Å². The van der Waals surface area contributed by atoms with Crippen LogP contribution in [0.2, 0.25) is 0 Å². The number of carbonyl (C=O) groups excluding carboxylic acids is 1. The van der Waals surface area contributed by atoms with Gasteiger partial charge in [-0.05, 0) is 38.1 Å².